The third kappa shape index (κ3) is 3.88. The number of nitrogens with one attached hydrogen (secondary N) is 1. The molecule has 2 atom stereocenters. The van der Waals surface area contributed by atoms with Crippen molar-refractivity contribution in [3.63, 3.8) is 0 Å². The van der Waals surface area contributed by atoms with Gasteiger partial charge in [0.15, 0.2) is 0 Å². The second-order valence-electron chi connectivity index (χ2n) is 4.97. The maximum absolute atomic E-state index is 5.99. The maximum atomic E-state index is 5.99. The molecule has 1 saturated carbocycles. The SMILES string of the molecule is CCOc1cccc(NCC2CCCC(N)C2)n1. The van der Waals surface area contributed by atoms with Gasteiger partial charge in [0.1, 0.15) is 5.82 Å². The number of pyridine rings is 1. The number of ether oxygens (including phenoxy) is 1. The molecule has 4 nitrogen and oxygen atoms in total. The van der Waals surface area contributed by atoms with Gasteiger partial charge in [-0.05, 0) is 38.2 Å². The van der Waals surface area contributed by atoms with Gasteiger partial charge in [0.25, 0.3) is 0 Å². The summed E-state index contributed by atoms with van der Waals surface area (Å²) in [6, 6.07) is 6.21. The number of rotatable bonds is 5. The van der Waals surface area contributed by atoms with Crippen LogP contribution in [-0.4, -0.2) is 24.2 Å². The summed E-state index contributed by atoms with van der Waals surface area (Å²) in [4.78, 5) is 4.40. The Kier molecular flexibility index (Phi) is 4.81. The number of anilines is 1. The van der Waals surface area contributed by atoms with Gasteiger partial charge in [-0.25, -0.2) is 0 Å². The number of nitrogens with two attached hydrogens (primary N) is 1. The largest absolute Gasteiger partial charge is 0.478 e. The molecule has 1 fully saturated rings. The summed E-state index contributed by atoms with van der Waals surface area (Å²) in [7, 11) is 0. The number of aromatic nitrogens is 1. The molecule has 0 aromatic carbocycles. The van der Waals surface area contributed by atoms with Crippen molar-refractivity contribution in [2.75, 3.05) is 18.5 Å². The highest BCUT2D eigenvalue weighted by atomic mass is 16.5. The molecule has 3 N–H and O–H groups in total. The zero-order valence-electron chi connectivity index (χ0n) is 11.1. The lowest BCUT2D eigenvalue weighted by Crippen LogP contribution is -2.31. The van der Waals surface area contributed by atoms with Crippen LogP contribution in [0.3, 0.4) is 0 Å². The van der Waals surface area contributed by atoms with Crippen LogP contribution in [0.25, 0.3) is 0 Å². The smallest absolute Gasteiger partial charge is 0.215 e. The van der Waals surface area contributed by atoms with E-state index in [0.29, 0.717) is 24.4 Å². The summed E-state index contributed by atoms with van der Waals surface area (Å²) in [5.74, 6) is 2.24. The molecule has 2 rings (SSSR count). The van der Waals surface area contributed by atoms with Gasteiger partial charge in [0.2, 0.25) is 5.88 Å². The lowest BCUT2D eigenvalue weighted by atomic mass is 9.86. The van der Waals surface area contributed by atoms with E-state index in [1.165, 1.54) is 19.3 Å². The highest BCUT2D eigenvalue weighted by Gasteiger charge is 2.18. The van der Waals surface area contributed by atoms with E-state index in [2.05, 4.69) is 10.3 Å². The molecule has 1 aliphatic rings. The number of hydrogen-bond acceptors (Lipinski definition) is 4. The van der Waals surface area contributed by atoms with Crippen molar-refractivity contribution in [3.05, 3.63) is 18.2 Å². The van der Waals surface area contributed by atoms with Crippen LogP contribution in [0.5, 0.6) is 5.88 Å². The van der Waals surface area contributed by atoms with E-state index in [0.717, 1.165) is 18.8 Å². The summed E-state index contributed by atoms with van der Waals surface area (Å²) >= 11 is 0. The van der Waals surface area contributed by atoms with Crippen LogP contribution in [0.15, 0.2) is 18.2 Å². The summed E-state index contributed by atoms with van der Waals surface area (Å²) in [6.07, 6.45) is 4.82. The molecule has 1 aromatic rings. The van der Waals surface area contributed by atoms with Gasteiger partial charge in [-0.3, -0.25) is 0 Å². The van der Waals surface area contributed by atoms with Crippen molar-refractivity contribution in [2.45, 2.75) is 38.6 Å². The fourth-order valence-electron chi connectivity index (χ4n) is 2.51. The highest BCUT2D eigenvalue weighted by molar-refractivity contribution is 5.37. The summed E-state index contributed by atoms with van der Waals surface area (Å²) in [5.41, 5.74) is 5.99. The first-order valence-corrected chi connectivity index (χ1v) is 6.87. The third-order valence-corrected chi connectivity index (χ3v) is 3.41. The number of hydrogen-bond donors (Lipinski definition) is 2. The van der Waals surface area contributed by atoms with Gasteiger partial charge in [-0.2, -0.15) is 4.98 Å². The molecular formula is C14H23N3O. The predicted molar refractivity (Wildman–Crippen MR) is 73.8 cm³/mol. The lowest BCUT2D eigenvalue weighted by molar-refractivity contribution is 0.326. The van der Waals surface area contributed by atoms with Gasteiger partial charge in [-0.1, -0.05) is 12.5 Å². The van der Waals surface area contributed by atoms with Gasteiger partial charge in [-0.15, -0.1) is 0 Å². The molecule has 2 unspecified atom stereocenters. The van der Waals surface area contributed by atoms with Crippen LogP contribution in [0, 0.1) is 5.92 Å². The second kappa shape index (κ2) is 6.59. The normalized spacial score (nSPS) is 23.7. The molecule has 0 aliphatic heterocycles. The Morgan fingerprint density at radius 1 is 1.44 bits per heavy atom. The maximum Gasteiger partial charge on any atom is 0.215 e. The van der Waals surface area contributed by atoms with E-state index in [-0.39, 0.29) is 0 Å². The second-order valence-corrected chi connectivity index (χ2v) is 4.97. The average Bonchev–Trinajstić information content (AvgIpc) is 2.37. The molecule has 100 valence electrons. The summed E-state index contributed by atoms with van der Waals surface area (Å²) < 4.78 is 5.38. The van der Waals surface area contributed by atoms with E-state index in [4.69, 9.17) is 10.5 Å². The van der Waals surface area contributed by atoms with E-state index in [9.17, 15) is 0 Å². The van der Waals surface area contributed by atoms with E-state index in [1.807, 2.05) is 25.1 Å². The number of nitrogens with zero attached hydrogens (tertiary/aromatic N) is 1. The van der Waals surface area contributed by atoms with Crippen LogP contribution in [-0.2, 0) is 0 Å². The van der Waals surface area contributed by atoms with Gasteiger partial charge >= 0.3 is 0 Å². The van der Waals surface area contributed by atoms with Gasteiger partial charge in [0, 0.05) is 18.7 Å². The molecule has 0 amide bonds. The van der Waals surface area contributed by atoms with Gasteiger partial charge < -0.3 is 15.8 Å². The highest BCUT2D eigenvalue weighted by Crippen LogP contribution is 2.23. The Hall–Kier alpha value is -1.29. The van der Waals surface area contributed by atoms with E-state index < -0.39 is 0 Å². The first kappa shape index (κ1) is 13.1. The van der Waals surface area contributed by atoms with Gasteiger partial charge in [0.05, 0.1) is 6.61 Å². The van der Waals surface area contributed by atoms with E-state index in [1.54, 1.807) is 0 Å². The summed E-state index contributed by atoms with van der Waals surface area (Å²) in [6.45, 7) is 3.56. The minimum Gasteiger partial charge on any atom is -0.478 e. The van der Waals surface area contributed by atoms with Crippen molar-refractivity contribution in [1.82, 2.24) is 4.98 Å². The first-order valence-electron chi connectivity index (χ1n) is 6.87. The molecule has 1 heterocycles. The van der Waals surface area contributed by atoms with E-state index >= 15 is 0 Å². The Labute approximate surface area is 109 Å². The Morgan fingerprint density at radius 2 is 2.33 bits per heavy atom. The molecule has 4 heteroatoms. The lowest BCUT2D eigenvalue weighted by Gasteiger charge is -2.26. The molecule has 0 radical (unpaired) electrons. The summed E-state index contributed by atoms with van der Waals surface area (Å²) in [5, 5.41) is 3.39. The quantitative estimate of drug-likeness (QED) is 0.841. The van der Waals surface area contributed by atoms with Crippen LogP contribution in [0.1, 0.15) is 32.6 Å². The average molecular weight is 249 g/mol. The Morgan fingerprint density at radius 3 is 3.11 bits per heavy atom. The monoisotopic (exact) mass is 249 g/mol. The molecule has 1 aromatic heterocycles. The Bertz CT molecular complexity index is 370. The fourth-order valence-corrected chi connectivity index (χ4v) is 2.51. The Balaban J connectivity index is 1.83. The first-order chi connectivity index (χ1) is 8.78. The standard InChI is InChI=1S/C14H23N3O/c1-2-18-14-8-4-7-13(17-14)16-10-11-5-3-6-12(15)9-11/h4,7-8,11-12H,2-3,5-6,9-10,15H2,1H3,(H,16,17). The minimum atomic E-state index is 0.383. The van der Waals surface area contributed by atoms with Crippen LogP contribution < -0.4 is 15.8 Å². The molecule has 0 spiro atoms. The van der Waals surface area contributed by atoms with Crippen molar-refractivity contribution >= 4 is 5.82 Å². The van der Waals surface area contributed by atoms with Crippen molar-refractivity contribution in [3.8, 4) is 5.88 Å². The molecule has 0 bridgehead atoms. The van der Waals surface area contributed by atoms with Crippen molar-refractivity contribution < 1.29 is 4.74 Å². The third-order valence-electron chi connectivity index (χ3n) is 3.41. The minimum absolute atomic E-state index is 0.383. The molecule has 0 saturated heterocycles. The van der Waals surface area contributed by atoms with Crippen molar-refractivity contribution in [2.24, 2.45) is 11.7 Å². The molecule has 18 heavy (non-hydrogen) atoms. The van der Waals surface area contributed by atoms with Crippen LogP contribution in [0.4, 0.5) is 5.82 Å². The molecule has 1 aliphatic carbocycles. The van der Waals surface area contributed by atoms with Crippen molar-refractivity contribution in [1.29, 1.82) is 0 Å². The van der Waals surface area contributed by atoms with Crippen LogP contribution >= 0.6 is 0 Å². The predicted octanol–water partition coefficient (Wildman–Crippen LogP) is 2.41. The zero-order valence-corrected chi connectivity index (χ0v) is 11.1. The molecular weight excluding hydrogens is 226 g/mol. The zero-order chi connectivity index (χ0) is 12.8. The topological polar surface area (TPSA) is 60.2 Å². The van der Waals surface area contributed by atoms with Crippen LogP contribution in [0.2, 0.25) is 0 Å². The fraction of sp³-hybridized carbons (Fsp3) is 0.643.